The van der Waals surface area contributed by atoms with Crippen molar-refractivity contribution >= 4 is 33.5 Å². The van der Waals surface area contributed by atoms with Crippen molar-refractivity contribution in [1.29, 1.82) is 0 Å². The Hall–Kier alpha value is -3.70. The largest absolute Gasteiger partial charge is 0.416 e. The van der Waals surface area contributed by atoms with Crippen LogP contribution in [0, 0.1) is 0 Å². The Kier molecular flexibility index (Phi) is 9.26. The molecule has 1 saturated heterocycles. The van der Waals surface area contributed by atoms with Crippen LogP contribution in [0.5, 0.6) is 0 Å². The highest BCUT2D eigenvalue weighted by Gasteiger charge is 2.39. The second-order valence-corrected chi connectivity index (χ2v) is 11.4. The minimum absolute atomic E-state index is 0.0314. The first-order valence-electron chi connectivity index (χ1n) is 12.9. The summed E-state index contributed by atoms with van der Waals surface area (Å²) in [5, 5.41) is 6.01. The van der Waals surface area contributed by atoms with E-state index in [2.05, 4.69) is 15.6 Å². The summed E-state index contributed by atoms with van der Waals surface area (Å²) in [5.74, 6) is -0.524. The van der Waals surface area contributed by atoms with Gasteiger partial charge in [0.05, 0.1) is 27.9 Å². The van der Waals surface area contributed by atoms with Gasteiger partial charge in [-0.05, 0) is 55.2 Å². The fraction of sp³-hybridized carbons (Fsp3) is 0.310. The summed E-state index contributed by atoms with van der Waals surface area (Å²) in [5.41, 5.74) is 1.35. The van der Waals surface area contributed by atoms with Crippen LogP contribution >= 0.6 is 0 Å². The Balaban J connectivity index is 1.60. The smallest absolute Gasteiger partial charge is 0.386 e. The van der Waals surface area contributed by atoms with Crippen molar-refractivity contribution in [1.82, 2.24) is 9.62 Å². The van der Waals surface area contributed by atoms with Crippen molar-refractivity contribution in [2.75, 3.05) is 18.9 Å². The molecule has 0 bridgehead atoms. The van der Waals surface area contributed by atoms with Crippen molar-refractivity contribution in [3.05, 3.63) is 90.0 Å². The molecule has 40 heavy (non-hydrogen) atoms. The number of hydrogen-bond donors (Lipinski definition) is 2. The monoisotopic (exact) mass is 572 g/mol. The van der Waals surface area contributed by atoms with Gasteiger partial charge in [0.2, 0.25) is 15.9 Å². The number of carbonyl (C=O) groups excluding carboxylic acids is 1. The van der Waals surface area contributed by atoms with Gasteiger partial charge in [0.25, 0.3) is 0 Å². The zero-order chi connectivity index (χ0) is 28.8. The number of aliphatic imine (C=N–C) groups is 1. The molecule has 2 atom stereocenters. The van der Waals surface area contributed by atoms with Gasteiger partial charge >= 0.3 is 6.18 Å². The molecule has 0 saturated carbocycles. The zero-order valence-corrected chi connectivity index (χ0v) is 22.8. The average Bonchev–Trinajstić information content (AvgIpc) is 2.96. The van der Waals surface area contributed by atoms with E-state index in [-0.39, 0.29) is 13.0 Å². The molecule has 2 N–H and O–H groups in total. The third kappa shape index (κ3) is 7.08. The number of halogens is 3. The molecule has 3 aromatic rings. The number of sulfonamides is 1. The van der Waals surface area contributed by atoms with E-state index in [9.17, 15) is 26.4 Å². The molecular weight excluding hydrogens is 541 g/mol. The molecule has 4 rings (SSSR count). The van der Waals surface area contributed by atoms with Gasteiger partial charge in [-0.3, -0.25) is 9.79 Å². The molecule has 0 aromatic heterocycles. The first-order chi connectivity index (χ1) is 19.1. The Bertz CT molecular complexity index is 1450. The molecular formula is C29H31F3N4O3S. The second-order valence-electron chi connectivity index (χ2n) is 9.50. The molecule has 7 nitrogen and oxygen atoms in total. The summed E-state index contributed by atoms with van der Waals surface area (Å²) in [7, 11) is -2.59. The topological polar surface area (TPSA) is 90.9 Å². The van der Waals surface area contributed by atoms with E-state index < -0.39 is 44.6 Å². The van der Waals surface area contributed by atoms with Gasteiger partial charge in [-0.2, -0.15) is 17.5 Å². The van der Waals surface area contributed by atoms with E-state index in [1.54, 1.807) is 13.3 Å². The van der Waals surface area contributed by atoms with Crippen molar-refractivity contribution in [3.8, 4) is 0 Å². The molecule has 0 aliphatic carbocycles. The van der Waals surface area contributed by atoms with E-state index in [4.69, 9.17) is 0 Å². The van der Waals surface area contributed by atoms with E-state index in [1.807, 2.05) is 54.6 Å². The van der Waals surface area contributed by atoms with Crippen LogP contribution in [0.2, 0.25) is 0 Å². The van der Waals surface area contributed by atoms with Crippen molar-refractivity contribution in [3.63, 3.8) is 0 Å². The van der Waals surface area contributed by atoms with Crippen molar-refractivity contribution in [2.24, 2.45) is 4.99 Å². The quantitative estimate of drug-likeness (QED) is 0.335. The highest BCUT2D eigenvalue weighted by atomic mass is 32.2. The summed E-state index contributed by atoms with van der Waals surface area (Å²) >= 11 is 0. The number of nitrogens with one attached hydrogen (secondary N) is 2. The summed E-state index contributed by atoms with van der Waals surface area (Å²) in [4.78, 5) is 17.7. The lowest BCUT2D eigenvalue weighted by molar-refractivity contribution is -0.137. The third-order valence-electron chi connectivity index (χ3n) is 6.72. The molecule has 0 spiro atoms. The molecule has 0 radical (unpaired) electrons. The number of para-hydroxylation sites is 2. The number of anilines is 1. The van der Waals surface area contributed by atoms with Crippen LogP contribution in [-0.4, -0.2) is 50.5 Å². The van der Waals surface area contributed by atoms with E-state index in [0.717, 1.165) is 33.8 Å². The van der Waals surface area contributed by atoms with Gasteiger partial charge in [0.1, 0.15) is 6.04 Å². The molecule has 11 heteroatoms. The van der Waals surface area contributed by atoms with Crippen LogP contribution in [-0.2, 0) is 27.4 Å². The number of rotatable bonds is 9. The number of benzene rings is 3. The molecule has 3 aromatic carbocycles. The SMILES string of the molecule is CNc1ccccc1/N=C/[C@H](Cc1ccccc1)NC(=O)[C@@H]1CCCCN1S(=O)(=O)c1cccc(C(F)(F)F)c1. The first kappa shape index (κ1) is 29.3. The average molecular weight is 573 g/mol. The number of alkyl halides is 3. The maximum atomic E-state index is 13.6. The molecule has 1 aliphatic rings. The Morgan fingerprint density at radius 2 is 1.77 bits per heavy atom. The van der Waals surface area contributed by atoms with Gasteiger partial charge in [0, 0.05) is 19.8 Å². The van der Waals surface area contributed by atoms with Crippen molar-refractivity contribution in [2.45, 2.75) is 48.8 Å². The minimum atomic E-state index is -4.69. The Labute approximate surface area is 232 Å². The summed E-state index contributed by atoms with van der Waals surface area (Å²) in [6, 6.07) is 18.9. The van der Waals surface area contributed by atoms with Crippen LogP contribution < -0.4 is 10.6 Å². The fourth-order valence-electron chi connectivity index (χ4n) is 4.68. The lowest BCUT2D eigenvalue weighted by Crippen LogP contribution is -2.54. The van der Waals surface area contributed by atoms with Crippen molar-refractivity contribution < 1.29 is 26.4 Å². The molecule has 212 valence electrons. The Morgan fingerprint density at radius 1 is 1.05 bits per heavy atom. The Morgan fingerprint density at radius 3 is 2.50 bits per heavy atom. The molecule has 1 fully saturated rings. The summed E-state index contributed by atoms with van der Waals surface area (Å²) in [6.45, 7) is 0.0314. The predicted molar refractivity (Wildman–Crippen MR) is 149 cm³/mol. The molecule has 0 unspecified atom stereocenters. The van der Waals surface area contributed by atoms with Crippen LogP contribution in [0.15, 0.2) is 88.8 Å². The maximum Gasteiger partial charge on any atom is 0.416 e. The lowest BCUT2D eigenvalue weighted by Gasteiger charge is -2.34. The highest BCUT2D eigenvalue weighted by Crippen LogP contribution is 2.32. The first-order valence-corrected chi connectivity index (χ1v) is 14.4. The van der Waals surface area contributed by atoms with Gasteiger partial charge in [0.15, 0.2) is 0 Å². The molecule has 1 aliphatic heterocycles. The van der Waals surface area contributed by atoms with E-state index in [0.29, 0.717) is 31.0 Å². The van der Waals surface area contributed by atoms with Crippen LogP contribution in [0.4, 0.5) is 24.5 Å². The zero-order valence-electron chi connectivity index (χ0n) is 21.9. The standard InChI is InChI=1S/C29H31F3N4O3S/c1-33-25-14-5-6-15-26(25)34-20-23(18-21-10-3-2-4-11-21)35-28(37)27-16-7-8-17-36(27)40(38,39)24-13-9-12-22(19-24)29(30,31)32/h2-6,9-15,19-20,23,27,33H,7-8,16-18H2,1H3,(H,35,37)/b34-20+/t23-,27-/m0/s1. The van der Waals surface area contributed by atoms with Gasteiger partial charge < -0.3 is 10.6 Å². The van der Waals surface area contributed by atoms with Gasteiger partial charge in [-0.25, -0.2) is 8.42 Å². The van der Waals surface area contributed by atoms with E-state index in [1.165, 1.54) is 0 Å². The summed E-state index contributed by atoms with van der Waals surface area (Å²) < 4.78 is 67.8. The number of hydrogen-bond acceptors (Lipinski definition) is 5. The minimum Gasteiger partial charge on any atom is -0.386 e. The molecule has 1 heterocycles. The lowest BCUT2D eigenvalue weighted by atomic mass is 10.0. The van der Waals surface area contributed by atoms with Gasteiger partial charge in [-0.1, -0.05) is 55.0 Å². The number of amides is 1. The highest BCUT2D eigenvalue weighted by molar-refractivity contribution is 7.89. The van der Waals surface area contributed by atoms with Gasteiger partial charge in [-0.15, -0.1) is 0 Å². The normalized spacial score (nSPS) is 17.4. The predicted octanol–water partition coefficient (Wildman–Crippen LogP) is 5.42. The molecule has 1 amide bonds. The van der Waals surface area contributed by atoms with Crippen LogP contribution in [0.25, 0.3) is 0 Å². The van der Waals surface area contributed by atoms with E-state index >= 15 is 0 Å². The maximum absolute atomic E-state index is 13.6. The number of piperidine rings is 1. The fourth-order valence-corrected chi connectivity index (χ4v) is 6.38. The van der Waals surface area contributed by atoms with Crippen LogP contribution in [0.1, 0.15) is 30.4 Å². The number of nitrogens with zero attached hydrogens (tertiary/aromatic N) is 2. The number of carbonyl (C=O) groups is 1. The van der Waals surface area contributed by atoms with Crippen LogP contribution in [0.3, 0.4) is 0 Å². The third-order valence-corrected chi connectivity index (χ3v) is 8.62. The summed E-state index contributed by atoms with van der Waals surface area (Å²) in [6.07, 6.45) is -1.31. The second kappa shape index (κ2) is 12.6.